The van der Waals surface area contributed by atoms with Crippen molar-refractivity contribution in [3.63, 3.8) is 0 Å². The Morgan fingerprint density at radius 2 is 1.94 bits per heavy atom. The van der Waals surface area contributed by atoms with Crippen LogP contribution in [0.2, 0.25) is 0 Å². The van der Waals surface area contributed by atoms with Crippen LogP contribution in [0.4, 0.5) is 5.69 Å². The molecule has 2 atom stereocenters. The predicted molar refractivity (Wildman–Crippen MR) is 115 cm³/mol. The molecule has 0 saturated carbocycles. The second kappa shape index (κ2) is 8.51. The molecule has 0 bridgehead atoms. The fourth-order valence-corrected chi connectivity index (χ4v) is 3.85. The van der Waals surface area contributed by atoms with Crippen LogP contribution < -0.4 is 10.1 Å². The van der Waals surface area contributed by atoms with E-state index in [4.69, 9.17) is 9.47 Å². The summed E-state index contributed by atoms with van der Waals surface area (Å²) < 4.78 is 11.4. The van der Waals surface area contributed by atoms with Gasteiger partial charge in [-0.15, -0.1) is 0 Å². The summed E-state index contributed by atoms with van der Waals surface area (Å²) in [7, 11) is 0. The Hall–Kier alpha value is -3.19. The van der Waals surface area contributed by atoms with E-state index in [2.05, 4.69) is 5.32 Å². The average Bonchev–Trinajstić information content (AvgIpc) is 3.34. The lowest BCUT2D eigenvalue weighted by atomic mass is 10.1. The van der Waals surface area contributed by atoms with Crippen LogP contribution >= 0.6 is 0 Å². The summed E-state index contributed by atoms with van der Waals surface area (Å²) in [6, 6.07) is 10.6. The van der Waals surface area contributed by atoms with Crippen molar-refractivity contribution in [3.05, 3.63) is 58.7 Å². The number of hydrogen-bond acceptors (Lipinski definition) is 5. The Bertz CT molecular complexity index is 1040. The van der Waals surface area contributed by atoms with Crippen molar-refractivity contribution in [1.29, 1.82) is 0 Å². The standard InChI is InChI=1S/C24H26N2O5/c1-14-6-7-15(2)21(11-14)31-16(3)22(27)25-17-8-9-19-20(12-17)24(29)26(23(19)28)13-18-5-4-10-30-18/h6-9,11-12,16,18H,4-5,10,13H2,1-3H3,(H,25,27). The van der Waals surface area contributed by atoms with Crippen LogP contribution in [0.1, 0.15) is 51.6 Å². The summed E-state index contributed by atoms with van der Waals surface area (Å²) in [5.41, 5.74) is 3.07. The fraction of sp³-hybridized carbons (Fsp3) is 0.375. The third-order valence-electron chi connectivity index (χ3n) is 5.67. The molecule has 1 N–H and O–H groups in total. The van der Waals surface area contributed by atoms with Crippen LogP contribution in [-0.2, 0) is 9.53 Å². The van der Waals surface area contributed by atoms with Crippen molar-refractivity contribution in [3.8, 4) is 5.75 Å². The Morgan fingerprint density at radius 3 is 2.68 bits per heavy atom. The highest BCUT2D eigenvalue weighted by molar-refractivity contribution is 6.22. The molecule has 2 unspecified atom stereocenters. The van der Waals surface area contributed by atoms with Crippen LogP contribution in [-0.4, -0.2) is 48.0 Å². The number of anilines is 1. The Morgan fingerprint density at radius 1 is 1.16 bits per heavy atom. The van der Waals surface area contributed by atoms with Gasteiger partial charge >= 0.3 is 0 Å². The lowest BCUT2D eigenvalue weighted by Crippen LogP contribution is -2.36. The van der Waals surface area contributed by atoms with E-state index in [0.29, 0.717) is 29.2 Å². The van der Waals surface area contributed by atoms with Crippen LogP contribution in [0.15, 0.2) is 36.4 Å². The molecule has 2 aliphatic heterocycles. The lowest BCUT2D eigenvalue weighted by Gasteiger charge is -2.18. The number of amides is 3. The molecule has 4 rings (SSSR count). The second-order valence-electron chi connectivity index (χ2n) is 8.13. The van der Waals surface area contributed by atoms with Gasteiger partial charge in [0.05, 0.1) is 23.8 Å². The predicted octanol–water partition coefficient (Wildman–Crippen LogP) is 3.48. The van der Waals surface area contributed by atoms with E-state index >= 15 is 0 Å². The highest BCUT2D eigenvalue weighted by atomic mass is 16.5. The van der Waals surface area contributed by atoms with Crippen molar-refractivity contribution < 1.29 is 23.9 Å². The van der Waals surface area contributed by atoms with Crippen molar-refractivity contribution in [2.75, 3.05) is 18.5 Å². The van der Waals surface area contributed by atoms with E-state index in [1.54, 1.807) is 25.1 Å². The van der Waals surface area contributed by atoms with Gasteiger partial charge in [-0.3, -0.25) is 19.3 Å². The number of benzene rings is 2. The van der Waals surface area contributed by atoms with Crippen molar-refractivity contribution in [2.45, 2.75) is 45.8 Å². The van der Waals surface area contributed by atoms with Crippen molar-refractivity contribution in [2.24, 2.45) is 0 Å². The van der Waals surface area contributed by atoms with Gasteiger partial charge in [0.15, 0.2) is 6.10 Å². The molecule has 0 spiro atoms. The maximum absolute atomic E-state index is 12.8. The minimum absolute atomic E-state index is 0.107. The number of aryl methyl sites for hydroxylation is 2. The molecule has 7 heteroatoms. The minimum Gasteiger partial charge on any atom is -0.481 e. The quantitative estimate of drug-likeness (QED) is 0.721. The van der Waals surface area contributed by atoms with Gasteiger partial charge in [0, 0.05) is 12.3 Å². The summed E-state index contributed by atoms with van der Waals surface area (Å²) in [6.45, 7) is 6.47. The maximum Gasteiger partial charge on any atom is 0.265 e. The van der Waals surface area contributed by atoms with Crippen LogP contribution in [0, 0.1) is 13.8 Å². The third kappa shape index (κ3) is 4.32. The zero-order valence-electron chi connectivity index (χ0n) is 17.9. The Labute approximate surface area is 181 Å². The largest absolute Gasteiger partial charge is 0.481 e. The van der Waals surface area contributed by atoms with Gasteiger partial charge in [0.2, 0.25) is 0 Å². The third-order valence-corrected chi connectivity index (χ3v) is 5.67. The lowest BCUT2D eigenvalue weighted by molar-refractivity contribution is -0.122. The van der Waals surface area contributed by atoms with Crippen molar-refractivity contribution in [1.82, 2.24) is 4.90 Å². The molecule has 2 aliphatic rings. The van der Waals surface area contributed by atoms with Gasteiger partial charge in [-0.1, -0.05) is 12.1 Å². The summed E-state index contributed by atoms with van der Waals surface area (Å²) in [6.07, 6.45) is 0.936. The normalized spacial score (nSPS) is 18.8. The van der Waals surface area contributed by atoms with Crippen LogP contribution in [0.3, 0.4) is 0 Å². The number of carbonyl (C=O) groups excluding carboxylic acids is 3. The number of imide groups is 1. The van der Waals surface area contributed by atoms with Gasteiger partial charge < -0.3 is 14.8 Å². The summed E-state index contributed by atoms with van der Waals surface area (Å²) in [5, 5.41) is 2.78. The summed E-state index contributed by atoms with van der Waals surface area (Å²) >= 11 is 0. The van der Waals surface area contributed by atoms with Gasteiger partial charge in [-0.25, -0.2) is 0 Å². The molecule has 2 aromatic carbocycles. The van der Waals surface area contributed by atoms with E-state index < -0.39 is 6.10 Å². The number of fused-ring (bicyclic) bond motifs is 1. The number of nitrogens with one attached hydrogen (secondary N) is 1. The molecule has 0 aromatic heterocycles. The first-order chi connectivity index (χ1) is 14.8. The van der Waals surface area contributed by atoms with E-state index in [1.165, 1.54) is 4.90 Å². The molecule has 7 nitrogen and oxygen atoms in total. The summed E-state index contributed by atoms with van der Waals surface area (Å²) in [4.78, 5) is 39.3. The second-order valence-corrected chi connectivity index (χ2v) is 8.13. The van der Waals surface area contributed by atoms with Gasteiger partial charge in [-0.05, 0) is 69.0 Å². The summed E-state index contributed by atoms with van der Waals surface area (Å²) in [5.74, 6) is -0.359. The molecule has 162 valence electrons. The first-order valence-corrected chi connectivity index (χ1v) is 10.5. The molecule has 1 fully saturated rings. The van der Waals surface area contributed by atoms with E-state index in [9.17, 15) is 14.4 Å². The fourth-order valence-electron chi connectivity index (χ4n) is 3.85. The zero-order chi connectivity index (χ0) is 22.1. The van der Waals surface area contributed by atoms with Gasteiger partial charge in [0.1, 0.15) is 5.75 Å². The first-order valence-electron chi connectivity index (χ1n) is 10.5. The van der Waals surface area contributed by atoms with Crippen LogP contribution in [0.5, 0.6) is 5.75 Å². The van der Waals surface area contributed by atoms with E-state index in [0.717, 1.165) is 24.0 Å². The van der Waals surface area contributed by atoms with E-state index in [-0.39, 0.29) is 30.4 Å². The molecule has 0 aliphatic carbocycles. The maximum atomic E-state index is 12.8. The first kappa shape index (κ1) is 21.1. The number of nitrogens with zero attached hydrogens (tertiary/aromatic N) is 1. The molecule has 3 amide bonds. The molecule has 31 heavy (non-hydrogen) atoms. The number of carbonyl (C=O) groups is 3. The minimum atomic E-state index is -0.734. The molecule has 1 saturated heterocycles. The van der Waals surface area contributed by atoms with Crippen molar-refractivity contribution >= 4 is 23.4 Å². The van der Waals surface area contributed by atoms with E-state index in [1.807, 2.05) is 32.0 Å². The zero-order valence-corrected chi connectivity index (χ0v) is 17.9. The SMILES string of the molecule is Cc1ccc(C)c(OC(C)C(=O)Nc2ccc3c(c2)C(=O)N(CC2CCCO2)C3=O)c1. The highest BCUT2D eigenvalue weighted by Crippen LogP contribution is 2.28. The highest BCUT2D eigenvalue weighted by Gasteiger charge is 2.37. The number of ether oxygens (including phenoxy) is 2. The average molecular weight is 422 g/mol. The molecular formula is C24H26N2O5. The molecule has 2 aromatic rings. The topological polar surface area (TPSA) is 84.9 Å². The Kier molecular flexibility index (Phi) is 5.78. The monoisotopic (exact) mass is 422 g/mol. The molecule has 2 heterocycles. The number of rotatable bonds is 6. The van der Waals surface area contributed by atoms with Gasteiger partial charge in [0.25, 0.3) is 17.7 Å². The van der Waals surface area contributed by atoms with Crippen LogP contribution in [0.25, 0.3) is 0 Å². The molecule has 0 radical (unpaired) electrons. The molecular weight excluding hydrogens is 396 g/mol. The Balaban J connectivity index is 1.44. The number of hydrogen-bond donors (Lipinski definition) is 1. The van der Waals surface area contributed by atoms with Gasteiger partial charge in [-0.2, -0.15) is 0 Å². The smallest absolute Gasteiger partial charge is 0.265 e.